The predicted molar refractivity (Wildman–Crippen MR) is 84.4 cm³/mol. The minimum Gasteiger partial charge on any atom is -0.300 e. The normalized spacial score (nSPS) is 9.91. The maximum Gasteiger partial charge on any atom is 0.332 e. The molecule has 0 N–H and O–H groups in total. The molecule has 8 heteroatoms. The van der Waals surface area contributed by atoms with Crippen molar-refractivity contribution in [3.05, 3.63) is 0 Å². The average molecular weight is 328 g/mol. The van der Waals surface area contributed by atoms with Crippen molar-refractivity contribution in [3.63, 3.8) is 0 Å². The Morgan fingerprint density at radius 2 is 0.913 bits per heavy atom. The van der Waals surface area contributed by atoms with Crippen LogP contribution in [-0.2, 0) is 28.9 Å². The van der Waals surface area contributed by atoms with E-state index in [4.69, 9.17) is 14.5 Å². The van der Waals surface area contributed by atoms with E-state index in [1.54, 1.807) is 0 Å². The zero-order valence-electron chi connectivity index (χ0n) is 14.3. The summed E-state index contributed by atoms with van der Waals surface area (Å²) < 4.78 is 0. The molecule has 0 aliphatic carbocycles. The van der Waals surface area contributed by atoms with Crippen LogP contribution in [0.2, 0.25) is 0 Å². The van der Waals surface area contributed by atoms with E-state index in [2.05, 4.69) is 0 Å². The smallest absolute Gasteiger partial charge is 0.300 e. The van der Waals surface area contributed by atoms with Crippen LogP contribution >= 0.6 is 0 Å². The van der Waals surface area contributed by atoms with Crippen LogP contribution in [0.25, 0.3) is 0 Å². The lowest BCUT2D eigenvalue weighted by Gasteiger charge is -2.17. The molecule has 23 heavy (non-hydrogen) atoms. The van der Waals surface area contributed by atoms with E-state index in [9.17, 15) is 14.4 Å². The van der Waals surface area contributed by atoms with Gasteiger partial charge in [-0.1, -0.05) is 40.0 Å². The molecule has 0 aromatic rings. The third-order valence-corrected chi connectivity index (χ3v) is 2.73. The summed E-state index contributed by atoms with van der Waals surface area (Å²) in [4.78, 5) is 49.0. The van der Waals surface area contributed by atoms with Gasteiger partial charge in [0.2, 0.25) is 5.39 Å². The molecule has 0 aromatic carbocycles. The van der Waals surface area contributed by atoms with E-state index in [0.717, 1.165) is 19.3 Å². The molecule has 131 valence electrons. The summed E-state index contributed by atoms with van der Waals surface area (Å²) in [5, 5.41) is 0.244. The van der Waals surface area contributed by atoms with Crippen molar-refractivity contribution in [2.24, 2.45) is 0 Å². The Morgan fingerprint density at radius 1 is 0.652 bits per heavy atom. The predicted octanol–water partition coefficient (Wildman–Crippen LogP) is 2.85. The lowest BCUT2D eigenvalue weighted by Crippen LogP contribution is -2.33. The van der Waals surface area contributed by atoms with Gasteiger partial charge >= 0.3 is 17.9 Å². The van der Waals surface area contributed by atoms with Crippen LogP contribution in [0.1, 0.15) is 78.6 Å². The Kier molecular flexibility index (Phi) is 15.8. The van der Waals surface area contributed by atoms with Crippen LogP contribution in [0.5, 0.6) is 0 Å². The van der Waals surface area contributed by atoms with E-state index in [-0.39, 0.29) is 33.1 Å². The minimum atomic E-state index is -0.617. The number of nitrogens with zero attached hydrogens (tertiary/aromatic N) is 1. The molecule has 0 atom stereocenters. The van der Waals surface area contributed by atoms with Crippen molar-refractivity contribution in [2.45, 2.75) is 78.6 Å². The van der Waals surface area contributed by atoms with Crippen LogP contribution in [0.4, 0.5) is 0 Å². The van der Waals surface area contributed by atoms with E-state index >= 15 is 0 Å². The fourth-order valence-electron chi connectivity index (χ4n) is 1.41. The van der Waals surface area contributed by atoms with Gasteiger partial charge in [-0.05, 0) is 19.3 Å². The molecule has 0 aromatic heterocycles. The topological polar surface area (TPSA) is 82.1 Å². The van der Waals surface area contributed by atoms with Gasteiger partial charge in [-0.25, -0.2) is 0 Å². The largest absolute Gasteiger partial charge is 0.332 e. The van der Waals surface area contributed by atoms with Crippen molar-refractivity contribution >= 4 is 26.3 Å². The number of hydrogen-bond donors (Lipinski definition) is 0. The molecule has 0 bridgehead atoms. The molecule has 0 spiro atoms. The molecular formula is C15H27BNO6. The Morgan fingerprint density at radius 3 is 1.13 bits per heavy atom. The first kappa shape index (κ1) is 23.7. The zero-order chi connectivity index (χ0) is 16.8. The van der Waals surface area contributed by atoms with Gasteiger partial charge in [-0.15, -0.1) is 0 Å². The number of rotatable bonds is 12. The fourth-order valence-corrected chi connectivity index (χ4v) is 1.41. The maximum absolute atomic E-state index is 11.6. The van der Waals surface area contributed by atoms with E-state index in [0.29, 0.717) is 19.3 Å². The van der Waals surface area contributed by atoms with Gasteiger partial charge in [0.15, 0.2) is 0 Å². The molecule has 0 fully saturated rings. The lowest BCUT2D eigenvalue weighted by molar-refractivity contribution is -0.464. The Hall–Kier alpha value is -1.57. The van der Waals surface area contributed by atoms with Crippen LogP contribution in [-0.4, -0.2) is 31.7 Å². The van der Waals surface area contributed by atoms with Crippen molar-refractivity contribution in [1.29, 1.82) is 0 Å². The molecule has 0 amide bonds. The Bertz CT molecular complexity index is 299. The second kappa shape index (κ2) is 15.3. The zero-order valence-corrected chi connectivity index (χ0v) is 14.3. The van der Waals surface area contributed by atoms with Crippen LogP contribution < -0.4 is 0 Å². The first-order valence-corrected chi connectivity index (χ1v) is 7.95. The molecule has 0 heterocycles. The van der Waals surface area contributed by atoms with Gasteiger partial charge in [0.1, 0.15) is 0 Å². The molecule has 0 rings (SSSR count). The highest BCUT2D eigenvalue weighted by atomic mass is 17.2. The highest BCUT2D eigenvalue weighted by Gasteiger charge is 2.21. The number of unbranched alkanes of at least 4 members (excludes halogenated alkanes) is 3. The molecule has 7 nitrogen and oxygen atoms in total. The third-order valence-electron chi connectivity index (χ3n) is 2.73. The number of hydrogen-bond acceptors (Lipinski definition) is 7. The second-order valence-corrected chi connectivity index (χ2v) is 4.92. The standard InChI is InChI=1S/C15H27NO6.B/c1-4-7-10-13(17)20-16(21-14(18)11-8-5-2)22-15(19)12-9-6-3;/h4-12H2,1-3H3;. The maximum atomic E-state index is 11.6. The fraction of sp³-hybridized carbons (Fsp3) is 0.800. The summed E-state index contributed by atoms with van der Waals surface area (Å²) >= 11 is 0. The highest BCUT2D eigenvalue weighted by Crippen LogP contribution is 2.07. The molecule has 0 unspecified atom stereocenters. The van der Waals surface area contributed by atoms with Gasteiger partial charge in [0.05, 0.1) is 0 Å². The first-order chi connectivity index (χ1) is 10.5. The third kappa shape index (κ3) is 13.8. The summed E-state index contributed by atoms with van der Waals surface area (Å²) in [6.45, 7) is 5.79. The summed E-state index contributed by atoms with van der Waals surface area (Å²) in [7, 11) is 0. The van der Waals surface area contributed by atoms with Crippen LogP contribution in [0, 0.1) is 0 Å². The van der Waals surface area contributed by atoms with Crippen molar-refractivity contribution in [2.75, 3.05) is 0 Å². The number of carbonyl (C=O) groups excluding carboxylic acids is 3. The molecule has 3 radical (unpaired) electrons. The average Bonchev–Trinajstić information content (AvgIpc) is 2.48. The molecule has 0 saturated carbocycles. The Balaban J connectivity index is 0. The number of carbonyl (C=O) groups is 3. The van der Waals surface area contributed by atoms with E-state index in [1.807, 2.05) is 20.8 Å². The van der Waals surface area contributed by atoms with E-state index < -0.39 is 17.9 Å². The second-order valence-electron chi connectivity index (χ2n) is 4.92. The van der Waals surface area contributed by atoms with Gasteiger partial charge < -0.3 is 14.5 Å². The van der Waals surface area contributed by atoms with Gasteiger partial charge in [0, 0.05) is 27.7 Å². The molecule has 0 saturated heterocycles. The first-order valence-electron chi connectivity index (χ1n) is 7.95. The van der Waals surface area contributed by atoms with Gasteiger partial charge in [-0.3, -0.25) is 14.4 Å². The SMILES string of the molecule is CCCCC(=O)ON(OC(=O)CCCC)OC(=O)CCCC.[B]. The van der Waals surface area contributed by atoms with Gasteiger partial charge in [-0.2, -0.15) is 0 Å². The molecular weight excluding hydrogens is 301 g/mol. The van der Waals surface area contributed by atoms with E-state index in [1.165, 1.54) is 0 Å². The van der Waals surface area contributed by atoms with Gasteiger partial charge in [0.25, 0.3) is 0 Å². The molecule has 0 aliphatic heterocycles. The summed E-state index contributed by atoms with van der Waals surface area (Å²) in [6, 6.07) is 0. The summed E-state index contributed by atoms with van der Waals surface area (Å²) in [5.41, 5.74) is 0. The van der Waals surface area contributed by atoms with Crippen LogP contribution in [0.3, 0.4) is 0 Å². The quantitative estimate of drug-likeness (QED) is 0.402. The van der Waals surface area contributed by atoms with Crippen molar-refractivity contribution in [1.82, 2.24) is 5.39 Å². The van der Waals surface area contributed by atoms with Crippen molar-refractivity contribution in [3.8, 4) is 0 Å². The summed E-state index contributed by atoms with van der Waals surface area (Å²) in [6.07, 6.45) is 4.86. The Labute approximate surface area is 140 Å². The van der Waals surface area contributed by atoms with Crippen molar-refractivity contribution < 1.29 is 28.9 Å². The highest BCUT2D eigenvalue weighted by molar-refractivity contribution is 5.75. The summed E-state index contributed by atoms with van der Waals surface area (Å²) in [5.74, 6) is -1.85. The lowest BCUT2D eigenvalue weighted by atomic mass is 10.3. The monoisotopic (exact) mass is 328 g/mol. The molecule has 0 aliphatic rings. The minimum absolute atomic E-state index is 0. The van der Waals surface area contributed by atoms with Crippen LogP contribution in [0.15, 0.2) is 0 Å².